The Morgan fingerprint density at radius 1 is 1.31 bits per heavy atom. The second-order valence-corrected chi connectivity index (χ2v) is 5.51. The summed E-state index contributed by atoms with van der Waals surface area (Å²) in [5.74, 6) is 0.644. The quantitative estimate of drug-likeness (QED) is 0.775. The average Bonchev–Trinajstić information content (AvgIpc) is 3.01. The zero-order chi connectivity index (χ0) is 11.8. The third kappa shape index (κ3) is 2.59. The molecule has 0 saturated heterocycles. The first kappa shape index (κ1) is 11.5. The van der Waals surface area contributed by atoms with Crippen LogP contribution in [0.25, 0.3) is 0 Å². The number of amides is 1. The molecule has 0 radical (unpaired) electrons. The SMILES string of the molecule is CC(C)(NC(=O)c1ccc(S)cc1)C1CC1. The summed E-state index contributed by atoms with van der Waals surface area (Å²) in [6.45, 7) is 4.19. The molecule has 1 aromatic carbocycles. The highest BCUT2D eigenvalue weighted by molar-refractivity contribution is 7.80. The van der Waals surface area contributed by atoms with Crippen molar-refractivity contribution in [1.82, 2.24) is 5.32 Å². The van der Waals surface area contributed by atoms with E-state index in [1.807, 2.05) is 12.1 Å². The molecule has 0 spiro atoms. The predicted octanol–water partition coefficient (Wildman–Crippen LogP) is 2.89. The monoisotopic (exact) mass is 235 g/mol. The van der Waals surface area contributed by atoms with Crippen LogP contribution in [0.3, 0.4) is 0 Å². The molecule has 0 aromatic heterocycles. The minimum absolute atomic E-state index is 0.00485. The van der Waals surface area contributed by atoms with Gasteiger partial charge in [-0.3, -0.25) is 4.79 Å². The summed E-state index contributed by atoms with van der Waals surface area (Å²) < 4.78 is 0. The van der Waals surface area contributed by atoms with Crippen LogP contribution in [-0.4, -0.2) is 11.4 Å². The number of thiol groups is 1. The molecule has 1 aliphatic rings. The van der Waals surface area contributed by atoms with Crippen LogP contribution < -0.4 is 5.32 Å². The maximum Gasteiger partial charge on any atom is 0.251 e. The molecule has 0 bridgehead atoms. The summed E-state index contributed by atoms with van der Waals surface area (Å²) in [4.78, 5) is 12.8. The van der Waals surface area contributed by atoms with Gasteiger partial charge in [0.1, 0.15) is 0 Å². The van der Waals surface area contributed by atoms with Crippen molar-refractivity contribution in [2.45, 2.75) is 37.1 Å². The molecule has 1 saturated carbocycles. The second kappa shape index (κ2) is 4.13. The minimum Gasteiger partial charge on any atom is -0.347 e. The Balaban J connectivity index is 2.05. The van der Waals surface area contributed by atoms with Crippen LogP contribution in [0.2, 0.25) is 0 Å². The molecule has 2 rings (SSSR count). The largest absolute Gasteiger partial charge is 0.347 e. The first-order valence-corrected chi connectivity index (χ1v) is 6.05. The maximum absolute atomic E-state index is 12.0. The van der Waals surface area contributed by atoms with Gasteiger partial charge in [0.25, 0.3) is 5.91 Å². The van der Waals surface area contributed by atoms with Gasteiger partial charge in [-0.2, -0.15) is 0 Å². The van der Waals surface area contributed by atoms with Gasteiger partial charge < -0.3 is 5.32 Å². The van der Waals surface area contributed by atoms with Crippen LogP contribution >= 0.6 is 12.6 Å². The Bertz CT molecular complexity index is 393. The number of carbonyl (C=O) groups is 1. The molecule has 1 fully saturated rings. The molecule has 1 amide bonds. The molecular formula is C13H17NOS. The highest BCUT2D eigenvalue weighted by atomic mass is 32.1. The lowest BCUT2D eigenvalue weighted by atomic mass is 9.98. The summed E-state index contributed by atoms with van der Waals surface area (Å²) in [5, 5.41) is 3.09. The highest BCUT2D eigenvalue weighted by Gasteiger charge is 2.38. The average molecular weight is 235 g/mol. The summed E-state index contributed by atoms with van der Waals surface area (Å²) >= 11 is 4.20. The molecule has 86 valence electrons. The third-order valence-corrected chi connectivity index (χ3v) is 3.46. The fraction of sp³-hybridized carbons (Fsp3) is 0.462. The standard InChI is InChI=1S/C13H17NOS/c1-13(2,10-5-6-10)14-12(15)9-3-7-11(16)8-4-9/h3-4,7-8,10,16H,5-6H2,1-2H3,(H,14,15). The van der Waals surface area contributed by atoms with Gasteiger partial charge in [-0.05, 0) is 56.9 Å². The van der Waals surface area contributed by atoms with Crippen molar-refractivity contribution < 1.29 is 4.79 Å². The number of rotatable bonds is 3. The van der Waals surface area contributed by atoms with Gasteiger partial charge in [0, 0.05) is 16.0 Å². The van der Waals surface area contributed by atoms with Crippen LogP contribution in [0.5, 0.6) is 0 Å². The van der Waals surface area contributed by atoms with Gasteiger partial charge in [0.15, 0.2) is 0 Å². The van der Waals surface area contributed by atoms with E-state index in [2.05, 4.69) is 31.8 Å². The van der Waals surface area contributed by atoms with Crippen LogP contribution in [-0.2, 0) is 0 Å². The van der Waals surface area contributed by atoms with Crippen molar-refractivity contribution in [1.29, 1.82) is 0 Å². The van der Waals surface area contributed by atoms with E-state index in [1.54, 1.807) is 12.1 Å². The van der Waals surface area contributed by atoms with Crippen LogP contribution in [0.1, 0.15) is 37.0 Å². The Morgan fingerprint density at radius 3 is 2.38 bits per heavy atom. The van der Waals surface area contributed by atoms with E-state index in [-0.39, 0.29) is 11.4 Å². The van der Waals surface area contributed by atoms with E-state index < -0.39 is 0 Å². The van der Waals surface area contributed by atoms with Crippen LogP contribution in [0.4, 0.5) is 0 Å². The Labute approximate surface area is 102 Å². The van der Waals surface area contributed by atoms with Gasteiger partial charge in [-0.25, -0.2) is 0 Å². The van der Waals surface area contributed by atoms with Gasteiger partial charge >= 0.3 is 0 Å². The number of benzene rings is 1. The highest BCUT2D eigenvalue weighted by Crippen LogP contribution is 2.39. The lowest BCUT2D eigenvalue weighted by Gasteiger charge is -2.26. The van der Waals surface area contributed by atoms with E-state index in [0.29, 0.717) is 11.5 Å². The van der Waals surface area contributed by atoms with Gasteiger partial charge in [-0.1, -0.05) is 0 Å². The van der Waals surface area contributed by atoms with E-state index in [9.17, 15) is 4.79 Å². The molecule has 16 heavy (non-hydrogen) atoms. The molecule has 0 heterocycles. The van der Waals surface area contributed by atoms with E-state index in [0.717, 1.165) is 4.90 Å². The van der Waals surface area contributed by atoms with Gasteiger partial charge in [-0.15, -0.1) is 12.6 Å². The van der Waals surface area contributed by atoms with Crippen molar-refractivity contribution in [3.8, 4) is 0 Å². The first-order valence-electron chi connectivity index (χ1n) is 5.60. The molecule has 2 nitrogen and oxygen atoms in total. The molecule has 0 unspecified atom stereocenters. The Morgan fingerprint density at radius 2 is 1.88 bits per heavy atom. The van der Waals surface area contributed by atoms with Crippen LogP contribution in [0.15, 0.2) is 29.2 Å². The maximum atomic E-state index is 12.0. The summed E-state index contributed by atoms with van der Waals surface area (Å²) in [7, 11) is 0. The lowest BCUT2D eigenvalue weighted by molar-refractivity contribution is 0.0903. The van der Waals surface area contributed by atoms with Crippen molar-refractivity contribution in [2.24, 2.45) is 5.92 Å². The molecule has 1 aliphatic carbocycles. The van der Waals surface area contributed by atoms with Crippen LogP contribution in [0, 0.1) is 5.92 Å². The zero-order valence-corrected chi connectivity index (χ0v) is 10.6. The minimum atomic E-state index is -0.0866. The molecule has 3 heteroatoms. The summed E-state index contributed by atoms with van der Waals surface area (Å²) in [6, 6.07) is 7.28. The molecule has 0 aliphatic heterocycles. The third-order valence-electron chi connectivity index (χ3n) is 3.16. The zero-order valence-electron chi connectivity index (χ0n) is 9.66. The number of nitrogens with one attached hydrogen (secondary N) is 1. The fourth-order valence-corrected chi connectivity index (χ4v) is 2.03. The van der Waals surface area contributed by atoms with E-state index >= 15 is 0 Å². The first-order chi connectivity index (χ1) is 7.49. The topological polar surface area (TPSA) is 29.1 Å². The lowest BCUT2D eigenvalue weighted by Crippen LogP contribution is -2.45. The van der Waals surface area contributed by atoms with E-state index in [1.165, 1.54) is 12.8 Å². The molecular weight excluding hydrogens is 218 g/mol. The van der Waals surface area contributed by atoms with Crippen molar-refractivity contribution in [3.63, 3.8) is 0 Å². The van der Waals surface area contributed by atoms with Crippen molar-refractivity contribution >= 4 is 18.5 Å². The van der Waals surface area contributed by atoms with Crippen molar-refractivity contribution in [2.75, 3.05) is 0 Å². The molecule has 1 aromatic rings. The van der Waals surface area contributed by atoms with Crippen molar-refractivity contribution in [3.05, 3.63) is 29.8 Å². The number of carbonyl (C=O) groups excluding carboxylic acids is 1. The summed E-state index contributed by atoms with van der Waals surface area (Å²) in [6.07, 6.45) is 2.45. The van der Waals surface area contributed by atoms with Gasteiger partial charge in [0.2, 0.25) is 0 Å². The smallest absolute Gasteiger partial charge is 0.251 e. The Hall–Kier alpha value is -0.960. The normalized spacial score (nSPS) is 15.9. The number of hydrogen-bond donors (Lipinski definition) is 2. The summed E-state index contributed by atoms with van der Waals surface area (Å²) in [5.41, 5.74) is 0.614. The number of hydrogen-bond acceptors (Lipinski definition) is 2. The second-order valence-electron chi connectivity index (χ2n) is 5.00. The molecule has 1 N–H and O–H groups in total. The Kier molecular flexibility index (Phi) is 2.98. The predicted molar refractivity (Wildman–Crippen MR) is 68.0 cm³/mol. The molecule has 0 atom stereocenters. The van der Waals surface area contributed by atoms with E-state index in [4.69, 9.17) is 0 Å². The fourth-order valence-electron chi connectivity index (χ4n) is 1.88. The van der Waals surface area contributed by atoms with Gasteiger partial charge in [0.05, 0.1) is 0 Å².